The van der Waals surface area contributed by atoms with Gasteiger partial charge in [-0.1, -0.05) is 6.92 Å². The molecule has 1 aromatic rings. The quantitative estimate of drug-likeness (QED) is 0.405. The molecule has 2 fully saturated rings. The molecular weight excluding hydrogens is 439 g/mol. The zero-order valence-corrected chi connectivity index (χ0v) is 18.9. The Morgan fingerprint density at radius 2 is 2.04 bits per heavy atom. The van der Waals surface area contributed by atoms with E-state index in [-0.39, 0.29) is 24.0 Å². The number of aromatic nitrogens is 2. The van der Waals surface area contributed by atoms with E-state index in [0.717, 1.165) is 44.6 Å². The highest BCUT2D eigenvalue weighted by Crippen LogP contribution is 2.26. The van der Waals surface area contributed by atoms with E-state index in [4.69, 9.17) is 4.99 Å². The van der Waals surface area contributed by atoms with Crippen LogP contribution < -0.4 is 5.32 Å². The first kappa shape index (κ1) is 21.5. The highest BCUT2D eigenvalue weighted by atomic mass is 127. The second-order valence-corrected chi connectivity index (χ2v) is 7.64. The summed E-state index contributed by atoms with van der Waals surface area (Å²) in [5.41, 5.74) is 1.35. The summed E-state index contributed by atoms with van der Waals surface area (Å²) in [5, 5.41) is 7.80. The van der Waals surface area contributed by atoms with Crippen LogP contribution in [-0.4, -0.2) is 71.4 Å². The molecule has 1 atom stereocenters. The van der Waals surface area contributed by atoms with Crippen molar-refractivity contribution in [1.82, 2.24) is 24.9 Å². The molecule has 1 aromatic heterocycles. The van der Waals surface area contributed by atoms with Gasteiger partial charge in [-0.3, -0.25) is 9.67 Å². The molecule has 2 aliphatic heterocycles. The summed E-state index contributed by atoms with van der Waals surface area (Å²) < 4.78 is 1.90. The first-order valence-electron chi connectivity index (χ1n) is 9.90. The van der Waals surface area contributed by atoms with Crippen molar-refractivity contribution in [3.63, 3.8) is 0 Å². The molecule has 26 heavy (non-hydrogen) atoms. The van der Waals surface area contributed by atoms with E-state index in [2.05, 4.69) is 40.3 Å². The minimum Gasteiger partial charge on any atom is -0.357 e. The van der Waals surface area contributed by atoms with Crippen LogP contribution in [0.5, 0.6) is 0 Å². The monoisotopic (exact) mass is 474 g/mol. The molecule has 6 nitrogen and oxygen atoms in total. The van der Waals surface area contributed by atoms with Crippen molar-refractivity contribution in [1.29, 1.82) is 0 Å². The van der Waals surface area contributed by atoms with Gasteiger partial charge in [-0.2, -0.15) is 5.10 Å². The third-order valence-electron chi connectivity index (χ3n) is 5.57. The second kappa shape index (κ2) is 10.5. The molecule has 1 N–H and O–H groups in total. The molecule has 0 aromatic carbocycles. The van der Waals surface area contributed by atoms with E-state index in [0.29, 0.717) is 5.92 Å². The van der Waals surface area contributed by atoms with Gasteiger partial charge in [-0.25, -0.2) is 0 Å². The Balaban J connectivity index is 0.00000243. The van der Waals surface area contributed by atoms with Gasteiger partial charge in [0.2, 0.25) is 0 Å². The van der Waals surface area contributed by atoms with Crippen molar-refractivity contribution in [2.24, 2.45) is 18.0 Å². The minimum absolute atomic E-state index is 0. The largest absolute Gasteiger partial charge is 0.357 e. The molecule has 0 aliphatic carbocycles. The van der Waals surface area contributed by atoms with Crippen LogP contribution in [0.2, 0.25) is 0 Å². The van der Waals surface area contributed by atoms with Gasteiger partial charge in [0.1, 0.15) is 0 Å². The standard InChI is InChI=1S/C19H34N6.HI/c1-4-20-19(21-8-12-24-9-5-16(2)6-10-24)25-11-7-17(15-25)18-13-22-23(3)14-18;/h13-14,16-17H,4-12,15H2,1-3H3,(H,20,21);1H. The average Bonchev–Trinajstić information content (AvgIpc) is 3.25. The van der Waals surface area contributed by atoms with Gasteiger partial charge in [0.15, 0.2) is 5.96 Å². The molecule has 1 unspecified atom stereocenters. The molecule has 3 heterocycles. The Hall–Kier alpha value is -0.830. The van der Waals surface area contributed by atoms with Gasteiger partial charge < -0.3 is 15.1 Å². The predicted molar refractivity (Wildman–Crippen MR) is 118 cm³/mol. The maximum atomic E-state index is 4.91. The van der Waals surface area contributed by atoms with Crippen LogP contribution in [0, 0.1) is 5.92 Å². The first-order chi connectivity index (χ1) is 12.2. The molecule has 0 spiro atoms. The number of nitrogens with zero attached hydrogens (tertiary/aromatic N) is 5. The summed E-state index contributed by atoms with van der Waals surface area (Å²) in [6.45, 7) is 12.0. The number of nitrogens with one attached hydrogen (secondary N) is 1. The Kier molecular flexibility index (Phi) is 8.66. The number of aliphatic imine (C=N–C) groups is 1. The van der Waals surface area contributed by atoms with Crippen molar-refractivity contribution in [3.8, 4) is 0 Å². The topological polar surface area (TPSA) is 48.7 Å². The molecule has 7 heteroatoms. The number of halogens is 1. The molecule has 2 aliphatic rings. The lowest BCUT2D eigenvalue weighted by atomic mass is 9.99. The van der Waals surface area contributed by atoms with Crippen LogP contribution in [0.15, 0.2) is 17.4 Å². The maximum Gasteiger partial charge on any atom is 0.193 e. The zero-order chi connectivity index (χ0) is 17.6. The number of hydrogen-bond acceptors (Lipinski definition) is 3. The van der Waals surface area contributed by atoms with Crippen molar-refractivity contribution in [2.45, 2.75) is 39.0 Å². The molecular formula is C19H35IN6. The van der Waals surface area contributed by atoms with Gasteiger partial charge >= 0.3 is 0 Å². The maximum absolute atomic E-state index is 4.91. The highest BCUT2D eigenvalue weighted by Gasteiger charge is 2.27. The summed E-state index contributed by atoms with van der Waals surface area (Å²) in [4.78, 5) is 9.89. The van der Waals surface area contributed by atoms with Crippen molar-refractivity contribution in [3.05, 3.63) is 18.0 Å². The first-order valence-corrected chi connectivity index (χ1v) is 9.90. The van der Waals surface area contributed by atoms with Gasteiger partial charge in [0.05, 0.1) is 12.7 Å². The van der Waals surface area contributed by atoms with Gasteiger partial charge in [-0.15, -0.1) is 24.0 Å². The lowest BCUT2D eigenvalue weighted by Crippen LogP contribution is -2.41. The number of rotatable bonds is 5. The Morgan fingerprint density at radius 3 is 2.69 bits per heavy atom. The summed E-state index contributed by atoms with van der Waals surface area (Å²) in [6.07, 6.45) is 8.01. The molecule has 0 amide bonds. The van der Waals surface area contributed by atoms with E-state index in [1.165, 1.54) is 37.9 Å². The van der Waals surface area contributed by atoms with Crippen LogP contribution in [-0.2, 0) is 7.05 Å². The van der Waals surface area contributed by atoms with Crippen molar-refractivity contribution >= 4 is 29.9 Å². The number of aryl methyl sites for hydroxylation is 1. The third kappa shape index (κ3) is 5.84. The Labute approximate surface area is 175 Å². The normalized spacial score (nSPS) is 22.5. The summed E-state index contributed by atoms with van der Waals surface area (Å²) in [7, 11) is 1.99. The molecule has 0 radical (unpaired) electrons. The van der Waals surface area contributed by atoms with Gasteiger partial charge in [0, 0.05) is 45.3 Å². The zero-order valence-electron chi connectivity index (χ0n) is 16.5. The minimum atomic E-state index is 0. The van der Waals surface area contributed by atoms with Gasteiger partial charge in [0.25, 0.3) is 0 Å². The summed E-state index contributed by atoms with van der Waals surface area (Å²) >= 11 is 0. The van der Waals surface area contributed by atoms with E-state index in [1.807, 2.05) is 17.9 Å². The fourth-order valence-corrected chi connectivity index (χ4v) is 3.88. The van der Waals surface area contributed by atoms with Crippen molar-refractivity contribution < 1.29 is 0 Å². The number of piperidine rings is 1. The molecule has 148 valence electrons. The predicted octanol–water partition coefficient (Wildman–Crippen LogP) is 2.52. The molecule has 3 rings (SSSR count). The summed E-state index contributed by atoms with van der Waals surface area (Å²) in [5.74, 6) is 2.55. The average molecular weight is 474 g/mol. The van der Waals surface area contributed by atoms with Crippen LogP contribution in [0.4, 0.5) is 0 Å². The Bertz CT molecular complexity index is 564. The fraction of sp³-hybridized carbons (Fsp3) is 0.789. The van der Waals surface area contributed by atoms with Crippen LogP contribution in [0.1, 0.15) is 44.6 Å². The van der Waals surface area contributed by atoms with E-state index in [1.54, 1.807) is 0 Å². The lowest BCUT2D eigenvalue weighted by molar-refractivity contribution is 0.197. The van der Waals surface area contributed by atoms with Gasteiger partial charge in [-0.05, 0) is 50.8 Å². The lowest BCUT2D eigenvalue weighted by Gasteiger charge is -2.29. The van der Waals surface area contributed by atoms with E-state index in [9.17, 15) is 0 Å². The number of likely N-dealkylation sites (tertiary alicyclic amines) is 2. The van der Waals surface area contributed by atoms with E-state index < -0.39 is 0 Å². The van der Waals surface area contributed by atoms with Crippen LogP contribution in [0.25, 0.3) is 0 Å². The SMILES string of the molecule is CCNC(=NCCN1CCC(C)CC1)N1CCC(c2cnn(C)c2)C1.I. The smallest absolute Gasteiger partial charge is 0.193 e. The van der Waals surface area contributed by atoms with Crippen molar-refractivity contribution in [2.75, 3.05) is 45.8 Å². The van der Waals surface area contributed by atoms with Crippen LogP contribution in [0.3, 0.4) is 0 Å². The van der Waals surface area contributed by atoms with Crippen LogP contribution >= 0.6 is 24.0 Å². The number of hydrogen-bond donors (Lipinski definition) is 1. The molecule has 0 saturated carbocycles. The molecule has 0 bridgehead atoms. The molecule has 2 saturated heterocycles. The fourth-order valence-electron chi connectivity index (χ4n) is 3.88. The number of guanidine groups is 1. The second-order valence-electron chi connectivity index (χ2n) is 7.64. The highest BCUT2D eigenvalue weighted by molar-refractivity contribution is 14.0. The summed E-state index contributed by atoms with van der Waals surface area (Å²) in [6, 6.07) is 0. The third-order valence-corrected chi connectivity index (χ3v) is 5.57. The Morgan fingerprint density at radius 1 is 1.27 bits per heavy atom. The van der Waals surface area contributed by atoms with E-state index >= 15 is 0 Å².